The largest absolute Gasteiger partial charge is 0.293 e. The summed E-state index contributed by atoms with van der Waals surface area (Å²) >= 11 is 7.26. The number of rotatable bonds is 0. The average molecular weight is 172 g/mol. The second-order valence-corrected chi connectivity index (χ2v) is 3.14. The monoisotopic (exact) mass is 171 g/mol. The lowest BCUT2D eigenvalue weighted by atomic mass is 10.5. The zero-order valence-corrected chi connectivity index (χ0v) is 6.61. The quantitative estimate of drug-likeness (QED) is 0.594. The molecule has 2 heterocycles. The van der Waals surface area contributed by atoms with Gasteiger partial charge in [-0.15, -0.1) is 11.3 Å². The SMILES string of the molecule is [CH2]c1c(Cl)nc2sccn12. The summed E-state index contributed by atoms with van der Waals surface area (Å²) < 4.78 is 1.87. The van der Waals surface area contributed by atoms with E-state index < -0.39 is 0 Å². The van der Waals surface area contributed by atoms with Crippen molar-refractivity contribution in [3.63, 3.8) is 0 Å². The van der Waals surface area contributed by atoms with E-state index in [0.29, 0.717) is 5.15 Å². The minimum Gasteiger partial charge on any atom is -0.293 e. The summed E-state index contributed by atoms with van der Waals surface area (Å²) in [5.41, 5.74) is 0.762. The maximum absolute atomic E-state index is 5.71. The number of hydrogen-bond acceptors (Lipinski definition) is 2. The first-order valence-corrected chi connectivity index (χ1v) is 3.98. The van der Waals surface area contributed by atoms with Gasteiger partial charge in [-0.3, -0.25) is 4.40 Å². The van der Waals surface area contributed by atoms with E-state index in [1.54, 1.807) is 11.3 Å². The van der Waals surface area contributed by atoms with E-state index in [1.807, 2.05) is 16.0 Å². The molecule has 0 aromatic carbocycles. The molecule has 0 fully saturated rings. The molecule has 0 atom stereocenters. The molecule has 0 N–H and O–H groups in total. The Kier molecular flexibility index (Phi) is 1.22. The highest BCUT2D eigenvalue weighted by atomic mass is 35.5. The summed E-state index contributed by atoms with van der Waals surface area (Å²) in [7, 11) is 0. The highest BCUT2D eigenvalue weighted by molar-refractivity contribution is 7.15. The van der Waals surface area contributed by atoms with Crippen LogP contribution in [-0.4, -0.2) is 9.38 Å². The van der Waals surface area contributed by atoms with Crippen LogP contribution in [0.1, 0.15) is 5.69 Å². The molecule has 0 unspecified atom stereocenters. The van der Waals surface area contributed by atoms with Gasteiger partial charge in [0.2, 0.25) is 0 Å². The minimum absolute atomic E-state index is 0.492. The van der Waals surface area contributed by atoms with Gasteiger partial charge in [-0.1, -0.05) is 11.6 Å². The van der Waals surface area contributed by atoms with Gasteiger partial charge in [0.05, 0.1) is 5.69 Å². The molecule has 0 spiro atoms. The summed E-state index contributed by atoms with van der Waals surface area (Å²) in [5, 5.41) is 2.44. The van der Waals surface area contributed by atoms with Crippen LogP contribution in [0.25, 0.3) is 4.96 Å². The number of fused-ring (bicyclic) bond motifs is 1. The molecule has 0 saturated heterocycles. The Morgan fingerprint density at radius 2 is 2.50 bits per heavy atom. The fourth-order valence-electron chi connectivity index (χ4n) is 0.806. The molecule has 51 valence electrons. The van der Waals surface area contributed by atoms with Crippen molar-refractivity contribution in [2.24, 2.45) is 0 Å². The molecular formula is C6H4ClN2S. The lowest BCUT2D eigenvalue weighted by molar-refractivity contribution is 1.19. The molecule has 2 nitrogen and oxygen atoms in total. The van der Waals surface area contributed by atoms with Crippen molar-refractivity contribution in [1.29, 1.82) is 0 Å². The van der Waals surface area contributed by atoms with Crippen molar-refractivity contribution < 1.29 is 0 Å². The molecule has 4 heteroatoms. The summed E-state index contributed by atoms with van der Waals surface area (Å²) in [5.74, 6) is 0. The molecule has 0 amide bonds. The maximum atomic E-state index is 5.71. The Morgan fingerprint density at radius 3 is 3.20 bits per heavy atom. The highest BCUT2D eigenvalue weighted by Crippen LogP contribution is 2.19. The van der Waals surface area contributed by atoms with Crippen LogP contribution in [0.4, 0.5) is 0 Å². The van der Waals surface area contributed by atoms with E-state index >= 15 is 0 Å². The number of halogens is 1. The Hall–Kier alpha value is -0.540. The van der Waals surface area contributed by atoms with E-state index in [-0.39, 0.29) is 0 Å². The molecule has 1 radical (unpaired) electrons. The lowest BCUT2D eigenvalue weighted by Crippen LogP contribution is -1.77. The van der Waals surface area contributed by atoms with Crippen LogP contribution in [0.5, 0.6) is 0 Å². The predicted molar refractivity (Wildman–Crippen MR) is 42.5 cm³/mol. The van der Waals surface area contributed by atoms with Crippen LogP contribution in [-0.2, 0) is 0 Å². The fourth-order valence-corrected chi connectivity index (χ4v) is 1.76. The van der Waals surface area contributed by atoms with Crippen molar-refractivity contribution >= 4 is 27.9 Å². The van der Waals surface area contributed by atoms with Gasteiger partial charge in [-0.05, 0) is 6.92 Å². The van der Waals surface area contributed by atoms with Gasteiger partial charge in [-0.2, -0.15) is 0 Å². The summed E-state index contributed by atoms with van der Waals surface area (Å²) in [6.07, 6.45) is 1.90. The Labute approximate surface area is 67.1 Å². The van der Waals surface area contributed by atoms with Crippen LogP contribution in [0, 0.1) is 6.92 Å². The van der Waals surface area contributed by atoms with Crippen molar-refractivity contribution in [3.05, 3.63) is 29.3 Å². The van der Waals surface area contributed by atoms with Crippen LogP contribution in [0.3, 0.4) is 0 Å². The van der Waals surface area contributed by atoms with Crippen LogP contribution in [0.2, 0.25) is 5.15 Å². The average Bonchev–Trinajstić information content (AvgIpc) is 2.41. The third kappa shape index (κ3) is 0.676. The van der Waals surface area contributed by atoms with Crippen molar-refractivity contribution in [1.82, 2.24) is 9.38 Å². The van der Waals surface area contributed by atoms with E-state index in [9.17, 15) is 0 Å². The van der Waals surface area contributed by atoms with E-state index in [1.165, 1.54) is 0 Å². The molecule has 10 heavy (non-hydrogen) atoms. The smallest absolute Gasteiger partial charge is 0.195 e. The zero-order valence-electron chi connectivity index (χ0n) is 5.04. The summed E-state index contributed by atoms with van der Waals surface area (Å²) in [4.78, 5) is 4.96. The first-order chi connectivity index (χ1) is 4.79. The molecule has 0 saturated carbocycles. The topological polar surface area (TPSA) is 17.3 Å². The number of thiazole rings is 1. The maximum Gasteiger partial charge on any atom is 0.195 e. The van der Waals surface area contributed by atoms with Gasteiger partial charge in [0.1, 0.15) is 0 Å². The third-order valence-corrected chi connectivity index (χ3v) is 2.37. The predicted octanol–water partition coefficient (Wildman–Crippen LogP) is 2.23. The number of hydrogen-bond donors (Lipinski definition) is 0. The first-order valence-electron chi connectivity index (χ1n) is 2.72. The zero-order chi connectivity index (χ0) is 7.14. The van der Waals surface area contributed by atoms with Crippen LogP contribution < -0.4 is 0 Å². The van der Waals surface area contributed by atoms with Crippen molar-refractivity contribution in [2.45, 2.75) is 0 Å². The van der Waals surface area contributed by atoms with Gasteiger partial charge >= 0.3 is 0 Å². The number of imidazole rings is 1. The van der Waals surface area contributed by atoms with Crippen LogP contribution in [0.15, 0.2) is 11.6 Å². The standard InChI is InChI=1S/C6H4ClN2S/c1-4-5(7)8-6-9(4)2-3-10-6/h2-3H,1H2. The molecule has 0 aliphatic heterocycles. The van der Waals surface area contributed by atoms with Crippen molar-refractivity contribution in [2.75, 3.05) is 0 Å². The Balaban J connectivity index is 2.95. The van der Waals surface area contributed by atoms with Crippen molar-refractivity contribution in [3.8, 4) is 0 Å². The van der Waals surface area contributed by atoms with Gasteiger partial charge in [-0.25, -0.2) is 4.98 Å². The molecule has 2 rings (SSSR count). The molecule has 0 aliphatic rings. The van der Waals surface area contributed by atoms with E-state index in [4.69, 9.17) is 11.6 Å². The molecule has 2 aromatic heterocycles. The third-order valence-electron chi connectivity index (χ3n) is 1.31. The van der Waals surface area contributed by atoms with E-state index in [0.717, 1.165) is 10.7 Å². The van der Waals surface area contributed by atoms with Gasteiger partial charge in [0.25, 0.3) is 0 Å². The minimum atomic E-state index is 0.492. The van der Waals surface area contributed by atoms with Gasteiger partial charge < -0.3 is 0 Å². The summed E-state index contributed by atoms with van der Waals surface area (Å²) in [6.45, 7) is 3.76. The normalized spacial score (nSPS) is 11.0. The van der Waals surface area contributed by atoms with Gasteiger partial charge in [0.15, 0.2) is 10.1 Å². The van der Waals surface area contributed by atoms with E-state index in [2.05, 4.69) is 11.9 Å². The van der Waals surface area contributed by atoms with Crippen LogP contribution >= 0.6 is 22.9 Å². The fraction of sp³-hybridized carbons (Fsp3) is 0. The lowest BCUT2D eigenvalue weighted by Gasteiger charge is -1.84. The Bertz CT molecular complexity index is 363. The number of nitrogens with zero attached hydrogens (tertiary/aromatic N) is 2. The second kappa shape index (κ2) is 1.97. The molecule has 0 bridgehead atoms. The first kappa shape index (κ1) is 6.19. The second-order valence-electron chi connectivity index (χ2n) is 1.90. The highest BCUT2D eigenvalue weighted by Gasteiger charge is 2.04. The Morgan fingerprint density at radius 1 is 1.70 bits per heavy atom. The molecular weight excluding hydrogens is 168 g/mol. The molecule has 0 aliphatic carbocycles. The van der Waals surface area contributed by atoms with Gasteiger partial charge in [0, 0.05) is 11.6 Å². The number of aromatic nitrogens is 2. The summed E-state index contributed by atoms with van der Waals surface area (Å²) in [6, 6.07) is 0. The molecule has 2 aromatic rings.